The van der Waals surface area contributed by atoms with Crippen LogP contribution in [0, 0.1) is 23.6 Å². The molecule has 4 unspecified atom stereocenters. The molecule has 2 fully saturated rings. The highest BCUT2D eigenvalue weighted by molar-refractivity contribution is 5.78. The third-order valence-electron chi connectivity index (χ3n) is 5.50. The summed E-state index contributed by atoms with van der Waals surface area (Å²) in [4.78, 5) is 4.33. The van der Waals surface area contributed by atoms with Gasteiger partial charge < -0.3 is 10.3 Å². The summed E-state index contributed by atoms with van der Waals surface area (Å²) in [5.74, 6) is 2.71. The van der Waals surface area contributed by atoms with Gasteiger partial charge in [0.1, 0.15) is 5.82 Å². The minimum atomic E-state index is -0.255. The molecule has 2 bridgehead atoms. The fourth-order valence-corrected chi connectivity index (χ4v) is 4.59. The quantitative estimate of drug-likeness (QED) is 0.905. The molecule has 2 aliphatic carbocycles. The fourth-order valence-electron chi connectivity index (χ4n) is 4.59. The average molecular weight is 273 g/mol. The van der Waals surface area contributed by atoms with Gasteiger partial charge in [-0.15, -0.1) is 0 Å². The molecule has 4 rings (SSSR count). The molecule has 0 amide bonds. The highest BCUT2D eigenvalue weighted by Gasteiger charge is 2.42. The fraction of sp³-hybridized carbons (Fsp3) is 0.562. The molecule has 1 heterocycles. The van der Waals surface area contributed by atoms with Crippen LogP contribution in [0.5, 0.6) is 0 Å². The van der Waals surface area contributed by atoms with E-state index in [1.807, 2.05) is 0 Å². The highest BCUT2D eigenvalue weighted by atomic mass is 19.1. The van der Waals surface area contributed by atoms with Gasteiger partial charge in [-0.25, -0.2) is 9.37 Å². The van der Waals surface area contributed by atoms with Crippen LogP contribution in [0.4, 0.5) is 10.3 Å². The molecule has 4 atom stereocenters. The second-order valence-corrected chi connectivity index (χ2v) is 6.55. The van der Waals surface area contributed by atoms with E-state index in [2.05, 4.69) is 16.5 Å². The zero-order chi connectivity index (χ0) is 13.9. The van der Waals surface area contributed by atoms with Gasteiger partial charge in [-0.2, -0.15) is 0 Å². The average Bonchev–Trinajstić information content (AvgIpc) is 3.10. The number of halogens is 1. The Bertz CT molecular complexity index is 663. The molecule has 0 spiro atoms. The molecule has 2 aromatic rings. The van der Waals surface area contributed by atoms with Gasteiger partial charge >= 0.3 is 0 Å². The summed E-state index contributed by atoms with van der Waals surface area (Å²) in [6.45, 7) is 2.24. The monoisotopic (exact) mass is 273 g/mol. The first-order valence-electron chi connectivity index (χ1n) is 7.56. The minimum absolute atomic E-state index is 0.255. The van der Waals surface area contributed by atoms with Crippen LogP contribution in [0.25, 0.3) is 11.0 Å². The van der Waals surface area contributed by atoms with E-state index < -0.39 is 0 Å². The van der Waals surface area contributed by atoms with Gasteiger partial charge in [0, 0.05) is 12.1 Å². The number of hydrogen-bond donors (Lipinski definition) is 1. The first kappa shape index (κ1) is 12.2. The third kappa shape index (κ3) is 1.67. The lowest BCUT2D eigenvalue weighted by atomic mass is 9.84. The Kier molecular flexibility index (Phi) is 2.56. The van der Waals surface area contributed by atoms with Crippen LogP contribution in [0.3, 0.4) is 0 Å². The van der Waals surface area contributed by atoms with Crippen molar-refractivity contribution in [1.29, 1.82) is 0 Å². The Morgan fingerprint density at radius 3 is 2.90 bits per heavy atom. The summed E-state index contributed by atoms with van der Waals surface area (Å²) in [5, 5.41) is 0. The second kappa shape index (κ2) is 4.21. The van der Waals surface area contributed by atoms with E-state index in [0.717, 1.165) is 17.4 Å². The van der Waals surface area contributed by atoms with Gasteiger partial charge in [0.15, 0.2) is 0 Å². The van der Waals surface area contributed by atoms with Crippen molar-refractivity contribution in [3.8, 4) is 0 Å². The van der Waals surface area contributed by atoms with Crippen LogP contribution >= 0.6 is 0 Å². The Morgan fingerprint density at radius 1 is 1.35 bits per heavy atom. The maximum atomic E-state index is 13.3. The molecule has 20 heavy (non-hydrogen) atoms. The summed E-state index contributed by atoms with van der Waals surface area (Å²) >= 11 is 0. The predicted octanol–water partition coefficient (Wildman–Crippen LogP) is 3.75. The van der Waals surface area contributed by atoms with E-state index in [-0.39, 0.29) is 5.82 Å². The Hall–Kier alpha value is -1.58. The zero-order valence-electron chi connectivity index (χ0n) is 11.7. The number of nitrogens with two attached hydrogens (primary N) is 1. The summed E-state index contributed by atoms with van der Waals surface area (Å²) in [6, 6.07) is 5.11. The summed E-state index contributed by atoms with van der Waals surface area (Å²) in [5.41, 5.74) is 7.72. The summed E-state index contributed by atoms with van der Waals surface area (Å²) in [6.07, 6.45) is 5.46. The number of nitrogens with zero attached hydrogens (tertiary/aromatic N) is 2. The van der Waals surface area contributed by atoms with Gasteiger partial charge in [0.2, 0.25) is 5.95 Å². The number of rotatable bonds is 2. The topological polar surface area (TPSA) is 43.8 Å². The number of anilines is 1. The smallest absolute Gasteiger partial charge is 0.201 e. The molecule has 0 saturated heterocycles. The maximum absolute atomic E-state index is 13.3. The molecular formula is C16H20FN3. The van der Waals surface area contributed by atoms with Gasteiger partial charge in [-0.3, -0.25) is 0 Å². The van der Waals surface area contributed by atoms with Gasteiger partial charge in [0.25, 0.3) is 0 Å². The minimum Gasteiger partial charge on any atom is -0.369 e. The van der Waals surface area contributed by atoms with Crippen LogP contribution in [0.15, 0.2) is 18.2 Å². The van der Waals surface area contributed by atoms with Crippen molar-refractivity contribution in [1.82, 2.24) is 9.55 Å². The van der Waals surface area contributed by atoms with Crippen molar-refractivity contribution in [2.24, 2.45) is 17.8 Å². The number of imidazole rings is 1. The number of aromatic nitrogens is 2. The lowest BCUT2D eigenvalue weighted by Gasteiger charge is -2.29. The molecule has 0 radical (unpaired) electrons. The Labute approximate surface area is 118 Å². The van der Waals surface area contributed by atoms with Crippen LogP contribution < -0.4 is 5.73 Å². The maximum Gasteiger partial charge on any atom is 0.201 e. The second-order valence-electron chi connectivity index (χ2n) is 6.55. The first-order valence-corrected chi connectivity index (χ1v) is 7.56. The molecule has 3 nitrogen and oxygen atoms in total. The van der Waals surface area contributed by atoms with Crippen molar-refractivity contribution in [3.05, 3.63) is 24.0 Å². The molecule has 0 aliphatic heterocycles. The third-order valence-corrected chi connectivity index (χ3v) is 5.50. The predicted molar refractivity (Wildman–Crippen MR) is 77.8 cm³/mol. The van der Waals surface area contributed by atoms with Crippen molar-refractivity contribution in [2.75, 3.05) is 5.73 Å². The molecule has 4 heteroatoms. The zero-order valence-corrected chi connectivity index (χ0v) is 11.7. The molecule has 2 N–H and O–H groups in total. The highest BCUT2D eigenvalue weighted by Crippen LogP contribution is 2.52. The van der Waals surface area contributed by atoms with Crippen LogP contribution in [0.1, 0.15) is 38.6 Å². The molecule has 2 saturated carbocycles. The standard InChI is InChI=1S/C16H20FN3/c1-9(13-7-10-2-3-11(13)6-10)20-15-5-4-12(17)8-14(15)19-16(20)18/h4-5,8-11,13H,2-3,6-7H2,1H3,(H2,18,19). The van der Waals surface area contributed by atoms with Crippen molar-refractivity contribution in [3.63, 3.8) is 0 Å². The lowest BCUT2D eigenvalue weighted by Crippen LogP contribution is -2.23. The van der Waals surface area contributed by atoms with E-state index in [9.17, 15) is 4.39 Å². The molecule has 1 aromatic carbocycles. The van der Waals surface area contributed by atoms with Gasteiger partial charge in [-0.1, -0.05) is 6.42 Å². The number of benzene rings is 1. The SMILES string of the molecule is CC(C1CC2CCC1C2)n1c(N)nc2cc(F)ccc21. The lowest BCUT2D eigenvalue weighted by molar-refractivity contribution is 0.248. The van der Waals surface area contributed by atoms with E-state index in [4.69, 9.17) is 5.73 Å². The molecule has 106 valence electrons. The number of hydrogen-bond acceptors (Lipinski definition) is 2. The Balaban J connectivity index is 1.76. The van der Waals surface area contributed by atoms with Crippen molar-refractivity contribution in [2.45, 2.75) is 38.6 Å². The van der Waals surface area contributed by atoms with Gasteiger partial charge in [0.05, 0.1) is 11.0 Å². The first-order chi connectivity index (χ1) is 9.63. The Morgan fingerprint density at radius 2 is 2.20 bits per heavy atom. The number of fused-ring (bicyclic) bond motifs is 3. The van der Waals surface area contributed by atoms with Crippen molar-refractivity contribution >= 4 is 17.0 Å². The number of nitrogen functional groups attached to an aromatic ring is 1. The largest absolute Gasteiger partial charge is 0.369 e. The van der Waals surface area contributed by atoms with Crippen LogP contribution in [-0.4, -0.2) is 9.55 Å². The normalized spacial score (nSPS) is 30.2. The molecule has 1 aromatic heterocycles. The van der Waals surface area contributed by atoms with E-state index in [0.29, 0.717) is 23.4 Å². The van der Waals surface area contributed by atoms with E-state index >= 15 is 0 Å². The van der Waals surface area contributed by atoms with Crippen LogP contribution in [-0.2, 0) is 0 Å². The molecule has 2 aliphatic rings. The van der Waals surface area contributed by atoms with Gasteiger partial charge in [-0.05, 0) is 56.1 Å². The van der Waals surface area contributed by atoms with Crippen LogP contribution in [0.2, 0.25) is 0 Å². The van der Waals surface area contributed by atoms with E-state index in [1.54, 1.807) is 6.07 Å². The molecular weight excluding hydrogens is 253 g/mol. The van der Waals surface area contributed by atoms with Crippen molar-refractivity contribution < 1.29 is 4.39 Å². The van der Waals surface area contributed by atoms with E-state index in [1.165, 1.54) is 37.8 Å². The summed E-state index contributed by atoms with van der Waals surface area (Å²) < 4.78 is 15.4. The summed E-state index contributed by atoms with van der Waals surface area (Å²) in [7, 11) is 0.